The van der Waals surface area contributed by atoms with E-state index in [9.17, 15) is 4.79 Å². The summed E-state index contributed by atoms with van der Waals surface area (Å²) in [6.45, 7) is 0. The van der Waals surface area contributed by atoms with Crippen molar-refractivity contribution in [3.8, 4) is 0 Å². The van der Waals surface area contributed by atoms with Crippen LogP contribution in [0.15, 0.2) is 12.4 Å². The second-order valence-corrected chi connectivity index (χ2v) is 2.62. The van der Waals surface area contributed by atoms with E-state index in [4.69, 9.17) is 16.7 Å². The molecule has 0 aromatic carbocycles. The average Bonchev–Trinajstić information content (AvgIpc) is 2.48. The standard InChI is InChI=1S/C6H3ClN4O2/c7-5-3(6(12)13)1-4-8-2-9-11(4)10-5/h1-2H,(H,12,13). The van der Waals surface area contributed by atoms with Crippen molar-refractivity contribution in [3.63, 3.8) is 0 Å². The number of hydrogen-bond acceptors (Lipinski definition) is 4. The maximum atomic E-state index is 10.6. The molecule has 0 fully saturated rings. The van der Waals surface area contributed by atoms with E-state index in [1.165, 1.54) is 12.4 Å². The highest BCUT2D eigenvalue weighted by atomic mass is 35.5. The van der Waals surface area contributed by atoms with Gasteiger partial charge in [0.25, 0.3) is 0 Å². The molecule has 0 unspecified atom stereocenters. The molecule has 1 N–H and O–H groups in total. The van der Waals surface area contributed by atoms with Crippen LogP contribution in [0.3, 0.4) is 0 Å². The number of aromatic carboxylic acids is 1. The highest BCUT2D eigenvalue weighted by molar-refractivity contribution is 6.32. The van der Waals surface area contributed by atoms with Crippen molar-refractivity contribution in [1.82, 2.24) is 19.8 Å². The summed E-state index contributed by atoms with van der Waals surface area (Å²) in [5.74, 6) is -1.14. The molecule has 0 saturated heterocycles. The SMILES string of the molecule is O=C(O)c1cc2ncnn2nc1Cl. The molecule has 0 bridgehead atoms. The van der Waals surface area contributed by atoms with Crippen molar-refractivity contribution < 1.29 is 9.90 Å². The Bertz CT molecular complexity index is 480. The molecule has 0 radical (unpaired) electrons. The van der Waals surface area contributed by atoms with Crippen LogP contribution in [0.1, 0.15) is 10.4 Å². The van der Waals surface area contributed by atoms with Crippen molar-refractivity contribution in [2.24, 2.45) is 0 Å². The fraction of sp³-hybridized carbons (Fsp3) is 0. The van der Waals surface area contributed by atoms with Gasteiger partial charge in [0.15, 0.2) is 10.8 Å². The third-order valence-corrected chi connectivity index (χ3v) is 1.74. The quantitative estimate of drug-likeness (QED) is 0.721. The van der Waals surface area contributed by atoms with Crippen molar-refractivity contribution in [2.75, 3.05) is 0 Å². The van der Waals surface area contributed by atoms with Gasteiger partial charge < -0.3 is 5.11 Å². The third kappa shape index (κ3) is 1.20. The highest BCUT2D eigenvalue weighted by Crippen LogP contribution is 2.13. The van der Waals surface area contributed by atoms with Crippen molar-refractivity contribution in [3.05, 3.63) is 23.1 Å². The molecule has 2 aromatic rings. The van der Waals surface area contributed by atoms with Gasteiger partial charge in [-0.2, -0.15) is 0 Å². The molecule has 0 aliphatic heterocycles. The lowest BCUT2D eigenvalue weighted by Crippen LogP contribution is -2.03. The number of fused-ring (bicyclic) bond motifs is 1. The topological polar surface area (TPSA) is 80.4 Å². The molecule has 0 aliphatic carbocycles. The first-order valence-corrected chi connectivity index (χ1v) is 3.66. The Morgan fingerprint density at radius 2 is 2.38 bits per heavy atom. The fourth-order valence-electron chi connectivity index (χ4n) is 0.892. The van der Waals surface area contributed by atoms with Gasteiger partial charge in [-0.15, -0.1) is 14.8 Å². The first-order valence-electron chi connectivity index (χ1n) is 3.28. The summed E-state index contributed by atoms with van der Waals surface area (Å²) in [6, 6.07) is 1.31. The van der Waals surface area contributed by atoms with Gasteiger partial charge in [0, 0.05) is 6.07 Å². The summed E-state index contributed by atoms with van der Waals surface area (Å²) in [5, 5.41) is 16.0. The third-order valence-electron chi connectivity index (χ3n) is 1.46. The molecular weight excluding hydrogens is 196 g/mol. The van der Waals surface area contributed by atoms with Crippen LogP contribution < -0.4 is 0 Å². The van der Waals surface area contributed by atoms with Gasteiger partial charge in [0.05, 0.1) is 0 Å². The first-order chi connectivity index (χ1) is 6.18. The van der Waals surface area contributed by atoms with Gasteiger partial charge in [-0.3, -0.25) is 0 Å². The van der Waals surface area contributed by atoms with Gasteiger partial charge in [-0.1, -0.05) is 11.6 Å². The van der Waals surface area contributed by atoms with Crippen LogP contribution in [0.4, 0.5) is 0 Å². The minimum atomic E-state index is -1.14. The molecule has 66 valence electrons. The molecule has 0 spiro atoms. The first kappa shape index (κ1) is 7.93. The lowest BCUT2D eigenvalue weighted by atomic mass is 10.3. The van der Waals surface area contributed by atoms with E-state index in [1.54, 1.807) is 0 Å². The number of rotatable bonds is 1. The zero-order valence-electron chi connectivity index (χ0n) is 6.18. The Balaban J connectivity index is 2.76. The molecule has 0 atom stereocenters. The van der Waals surface area contributed by atoms with Crippen LogP contribution >= 0.6 is 11.6 Å². The summed E-state index contributed by atoms with van der Waals surface area (Å²) in [5.41, 5.74) is 0.268. The molecule has 2 heterocycles. The molecule has 0 amide bonds. The fourth-order valence-corrected chi connectivity index (χ4v) is 1.10. The summed E-state index contributed by atoms with van der Waals surface area (Å²) in [6.07, 6.45) is 1.27. The Kier molecular flexibility index (Phi) is 1.63. The van der Waals surface area contributed by atoms with E-state index >= 15 is 0 Å². The molecule has 0 aliphatic rings. The molecule has 7 heteroatoms. The van der Waals surface area contributed by atoms with E-state index in [2.05, 4.69) is 15.2 Å². The molecule has 0 saturated carbocycles. The van der Waals surface area contributed by atoms with Crippen LogP contribution in [0, 0.1) is 0 Å². The number of carbonyl (C=O) groups is 1. The normalized spacial score (nSPS) is 10.5. The summed E-state index contributed by atoms with van der Waals surface area (Å²) in [7, 11) is 0. The van der Waals surface area contributed by atoms with E-state index in [1.807, 2.05) is 0 Å². The molecular formula is C6H3ClN4O2. The van der Waals surface area contributed by atoms with Gasteiger partial charge in [-0.05, 0) is 0 Å². The second kappa shape index (κ2) is 2.67. The second-order valence-electron chi connectivity index (χ2n) is 2.26. The maximum Gasteiger partial charge on any atom is 0.339 e. The lowest BCUT2D eigenvalue weighted by Gasteiger charge is -1.96. The zero-order chi connectivity index (χ0) is 9.42. The minimum Gasteiger partial charge on any atom is -0.478 e. The summed E-state index contributed by atoms with van der Waals surface area (Å²) in [4.78, 5) is 14.4. The minimum absolute atomic E-state index is 0.0813. The Hall–Kier alpha value is -1.69. The van der Waals surface area contributed by atoms with E-state index in [0.717, 1.165) is 4.63 Å². The van der Waals surface area contributed by atoms with E-state index < -0.39 is 5.97 Å². The Morgan fingerprint density at radius 1 is 1.62 bits per heavy atom. The smallest absolute Gasteiger partial charge is 0.339 e. The maximum absolute atomic E-state index is 10.6. The number of nitrogens with zero attached hydrogens (tertiary/aromatic N) is 4. The monoisotopic (exact) mass is 198 g/mol. The van der Waals surface area contributed by atoms with Crippen molar-refractivity contribution in [2.45, 2.75) is 0 Å². The number of halogens is 1. The van der Waals surface area contributed by atoms with Crippen LogP contribution in [0.5, 0.6) is 0 Å². The van der Waals surface area contributed by atoms with Gasteiger partial charge >= 0.3 is 5.97 Å². The number of aromatic nitrogens is 4. The lowest BCUT2D eigenvalue weighted by molar-refractivity contribution is 0.0696. The molecule has 2 aromatic heterocycles. The summed E-state index contributed by atoms with van der Waals surface area (Å²) >= 11 is 5.57. The van der Waals surface area contributed by atoms with Gasteiger partial charge in [0.1, 0.15) is 11.9 Å². The van der Waals surface area contributed by atoms with Crippen LogP contribution in [-0.2, 0) is 0 Å². The van der Waals surface area contributed by atoms with Gasteiger partial charge in [-0.25, -0.2) is 9.78 Å². The highest BCUT2D eigenvalue weighted by Gasteiger charge is 2.12. The predicted octanol–water partition coefficient (Wildman–Crippen LogP) is 0.476. The molecule has 6 nitrogen and oxygen atoms in total. The van der Waals surface area contributed by atoms with Crippen LogP contribution in [0.2, 0.25) is 5.15 Å². The number of hydrogen-bond donors (Lipinski definition) is 1. The van der Waals surface area contributed by atoms with E-state index in [-0.39, 0.29) is 10.7 Å². The largest absolute Gasteiger partial charge is 0.478 e. The van der Waals surface area contributed by atoms with Crippen LogP contribution in [-0.4, -0.2) is 30.9 Å². The van der Waals surface area contributed by atoms with Crippen molar-refractivity contribution in [1.29, 1.82) is 0 Å². The molecule has 2 rings (SSSR count). The average molecular weight is 199 g/mol. The molecule has 13 heavy (non-hydrogen) atoms. The predicted molar refractivity (Wildman–Crippen MR) is 42.8 cm³/mol. The van der Waals surface area contributed by atoms with Gasteiger partial charge in [0.2, 0.25) is 0 Å². The zero-order valence-corrected chi connectivity index (χ0v) is 6.93. The number of carboxylic acid groups (broad SMARTS) is 1. The Morgan fingerprint density at radius 3 is 3.08 bits per heavy atom. The Labute approximate surface area is 76.8 Å². The van der Waals surface area contributed by atoms with Crippen LogP contribution in [0.25, 0.3) is 5.65 Å². The van der Waals surface area contributed by atoms with E-state index in [0.29, 0.717) is 5.65 Å². The number of carboxylic acids is 1. The van der Waals surface area contributed by atoms with Crippen molar-refractivity contribution >= 4 is 23.2 Å². The summed E-state index contributed by atoms with van der Waals surface area (Å²) < 4.78 is 1.16.